The summed E-state index contributed by atoms with van der Waals surface area (Å²) in [6.45, 7) is 5.93. The predicted octanol–water partition coefficient (Wildman–Crippen LogP) is 2.70. The molecule has 1 aromatic heterocycles. The number of thiophene rings is 1. The molecule has 24 heavy (non-hydrogen) atoms. The average Bonchev–Trinajstić information content (AvgIpc) is 3.00. The van der Waals surface area contributed by atoms with Crippen molar-refractivity contribution in [1.82, 2.24) is 9.80 Å². The van der Waals surface area contributed by atoms with E-state index in [4.69, 9.17) is 4.74 Å². The van der Waals surface area contributed by atoms with Gasteiger partial charge in [0.05, 0.1) is 0 Å². The molecule has 0 aliphatic carbocycles. The zero-order chi connectivity index (χ0) is 16.5. The zero-order valence-corrected chi connectivity index (χ0v) is 14.7. The van der Waals surface area contributed by atoms with Crippen molar-refractivity contribution in [1.29, 1.82) is 0 Å². The molecule has 2 aliphatic rings. The van der Waals surface area contributed by atoms with Gasteiger partial charge >= 0.3 is 0 Å². The standard InChI is InChI=1S/C19H22N2O2S/c1-14-4-2-3-5-17(14)23-13-19(22)21-11-16(12-21)20-8-6-18-15(10-20)7-9-24-18/h2-5,7,9,16H,6,8,10-13H2,1H3. The van der Waals surface area contributed by atoms with E-state index in [9.17, 15) is 4.79 Å². The highest BCUT2D eigenvalue weighted by Crippen LogP contribution is 2.27. The highest BCUT2D eigenvalue weighted by atomic mass is 32.1. The van der Waals surface area contributed by atoms with Crippen LogP contribution in [0, 0.1) is 6.92 Å². The maximum Gasteiger partial charge on any atom is 0.260 e. The molecule has 0 bridgehead atoms. The second kappa shape index (κ2) is 6.57. The molecular formula is C19H22N2O2S. The topological polar surface area (TPSA) is 32.8 Å². The van der Waals surface area contributed by atoms with Crippen molar-refractivity contribution in [2.75, 3.05) is 26.2 Å². The number of hydrogen-bond acceptors (Lipinski definition) is 4. The van der Waals surface area contributed by atoms with Gasteiger partial charge in [0.25, 0.3) is 5.91 Å². The van der Waals surface area contributed by atoms with E-state index >= 15 is 0 Å². The average molecular weight is 342 g/mol. The van der Waals surface area contributed by atoms with Gasteiger partial charge in [-0.15, -0.1) is 11.3 Å². The summed E-state index contributed by atoms with van der Waals surface area (Å²) in [7, 11) is 0. The highest BCUT2D eigenvalue weighted by molar-refractivity contribution is 7.10. The van der Waals surface area contributed by atoms with Crippen LogP contribution in [0.15, 0.2) is 35.7 Å². The van der Waals surface area contributed by atoms with Gasteiger partial charge in [-0.3, -0.25) is 9.69 Å². The van der Waals surface area contributed by atoms with E-state index in [2.05, 4.69) is 16.3 Å². The summed E-state index contributed by atoms with van der Waals surface area (Å²) in [5.41, 5.74) is 2.53. The Morgan fingerprint density at radius 3 is 2.96 bits per heavy atom. The molecule has 4 nitrogen and oxygen atoms in total. The highest BCUT2D eigenvalue weighted by Gasteiger charge is 2.36. The maximum atomic E-state index is 12.3. The predicted molar refractivity (Wildman–Crippen MR) is 95.5 cm³/mol. The molecule has 0 atom stereocenters. The summed E-state index contributed by atoms with van der Waals surface area (Å²) in [6.07, 6.45) is 1.15. The fourth-order valence-corrected chi connectivity index (χ4v) is 4.31. The summed E-state index contributed by atoms with van der Waals surface area (Å²) in [5.74, 6) is 0.881. The Kier molecular flexibility index (Phi) is 4.29. The van der Waals surface area contributed by atoms with E-state index in [0.29, 0.717) is 6.04 Å². The monoisotopic (exact) mass is 342 g/mol. The Hall–Kier alpha value is -1.85. The molecular weight excluding hydrogens is 320 g/mol. The third kappa shape index (κ3) is 3.06. The van der Waals surface area contributed by atoms with Crippen molar-refractivity contribution in [3.8, 4) is 5.75 Å². The lowest BCUT2D eigenvalue weighted by Gasteiger charge is -2.46. The van der Waals surface area contributed by atoms with Crippen LogP contribution in [-0.4, -0.2) is 48.0 Å². The van der Waals surface area contributed by atoms with Crippen LogP contribution < -0.4 is 4.74 Å². The summed E-state index contributed by atoms with van der Waals surface area (Å²) in [6, 6.07) is 10.6. The van der Waals surface area contributed by atoms with Crippen molar-refractivity contribution in [2.24, 2.45) is 0 Å². The van der Waals surface area contributed by atoms with Crippen LogP contribution in [0.3, 0.4) is 0 Å². The third-order valence-corrected chi connectivity index (χ3v) is 6.04. The summed E-state index contributed by atoms with van der Waals surface area (Å²) >= 11 is 1.87. The van der Waals surface area contributed by atoms with Crippen molar-refractivity contribution >= 4 is 17.2 Å². The zero-order valence-electron chi connectivity index (χ0n) is 13.9. The molecule has 0 radical (unpaired) electrons. The first-order valence-electron chi connectivity index (χ1n) is 8.46. The quantitative estimate of drug-likeness (QED) is 0.856. The van der Waals surface area contributed by atoms with Crippen molar-refractivity contribution in [3.63, 3.8) is 0 Å². The van der Waals surface area contributed by atoms with E-state index in [0.717, 1.165) is 43.9 Å². The lowest BCUT2D eigenvalue weighted by atomic mass is 10.0. The second-order valence-corrected chi connectivity index (χ2v) is 7.60. The Bertz CT molecular complexity index is 736. The number of aryl methyl sites for hydroxylation is 1. The molecule has 0 spiro atoms. The lowest BCUT2D eigenvalue weighted by molar-refractivity contribution is -0.141. The van der Waals surface area contributed by atoms with Crippen LogP contribution in [0.4, 0.5) is 0 Å². The smallest absolute Gasteiger partial charge is 0.260 e. The lowest BCUT2D eigenvalue weighted by Crippen LogP contribution is -2.62. The first-order chi connectivity index (χ1) is 11.7. The van der Waals surface area contributed by atoms with E-state index < -0.39 is 0 Å². The molecule has 126 valence electrons. The molecule has 0 saturated carbocycles. The van der Waals surface area contributed by atoms with E-state index in [1.54, 1.807) is 0 Å². The van der Waals surface area contributed by atoms with E-state index in [1.165, 1.54) is 10.4 Å². The largest absolute Gasteiger partial charge is 0.484 e. The Labute approximate surface area is 146 Å². The SMILES string of the molecule is Cc1ccccc1OCC(=O)N1CC(N2CCc3sccc3C2)C1. The first-order valence-corrected chi connectivity index (χ1v) is 9.34. The molecule has 2 aliphatic heterocycles. The van der Waals surface area contributed by atoms with Gasteiger partial charge in [-0.05, 0) is 42.0 Å². The fraction of sp³-hybridized carbons (Fsp3) is 0.421. The minimum Gasteiger partial charge on any atom is -0.484 e. The minimum absolute atomic E-state index is 0.0859. The molecule has 0 N–H and O–H groups in total. The van der Waals surface area contributed by atoms with Crippen LogP contribution in [0.2, 0.25) is 0 Å². The number of ether oxygens (including phenoxy) is 1. The molecule has 1 amide bonds. The maximum absolute atomic E-state index is 12.3. The third-order valence-electron chi connectivity index (χ3n) is 5.01. The number of benzene rings is 1. The van der Waals surface area contributed by atoms with Crippen molar-refractivity contribution in [2.45, 2.75) is 25.9 Å². The van der Waals surface area contributed by atoms with Crippen LogP contribution in [0.1, 0.15) is 16.0 Å². The van der Waals surface area contributed by atoms with E-state index in [-0.39, 0.29) is 12.5 Å². The molecule has 1 saturated heterocycles. The Morgan fingerprint density at radius 2 is 2.12 bits per heavy atom. The molecule has 1 fully saturated rings. The van der Waals surface area contributed by atoms with Gasteiger partial charge in [0, 0.05) is 37.1 Å². The van der Waals surface area contributed by atoms with Crippen molar-refractivity contribution in [3.05, 3.63) is 51.7 Å². The van der Waals surface area contributed by atoms with Gasteiger partial charge in [0.15, 0.2) is 6.61 Å². The number of nitrogens with zero attached hydrogens (tertiary/aromatic N) is 2. The molecule has 0 unspecified atom stereocenters. The number of amides is 1. The number of para-hydroxylation sites is 1. The molecule has 4 rings (SSSR count). The number of likely N-dealkylation sites (tertiary alicyclic amines) is 1. The number of carbonyl (C=O) groups excluding carboxylic acids is 1. The summed E-state index contributed by atoms with van der Waals surface area (Å²) < 4.78 is 5.67. The molecule has 2 aromatic rings. The van der Waals surface area contributed by atoms with Gasteiger partial charge < -0.3 is 9.64 Å². The molecule has 3 heterocycles. The van der Waals surface area contributed by atoms with E-state index in [1.807, 2.05) is 47.4 Å². The van der Waals surface area contributed by atoms with Gasteiger partial charge in [-0.1, -0.05) is 18.2 Å². The number of carbonyl (C=O) groups is 1. The molecule has 5 heteroatoms. The van der Waals surface area contributed by atoms with Crippen LogP contribution in [0.25, 0.3) is 0 Å². The Balaban J connectivity index is 1.25. The number of hydrogen-bond donors (Lipinski definition) is 0. The van der Waals surface area contributed by atoms with Gasteiger partial charge in [-0.25, -0.2) is 0 Å². The minimum atomic E-state index is 0.0859. The summed E-state index contributed by atoms with van der Waals surface area (Å²) in [5, 5.41) is 2.19. The summed E-state index contributed by atoms with van der Waals surface area (Å²) in [4.78, 5) is 18.2. The number of fused-ring (bicyclic) bond motifs is 1. The fourth-order valence-electron chi connectivity index (χ4n) is 3.42. The number of rotatable bonds is 4. The second-order valence-electron chi connectivity index (χ2n) is 6.60. The van der Waals surface area contributed by atoms with Gasteiger partial charge in [0.1, 0.15) is 5.75 Å². The first kappa shape index (κ1) is 15.7. The normalized spacial score (nSPS) is 18.1. The van der Waals surface area contributed by atoms with Crippen LogP contribution >= 0.6 is 11.3 Å². The van der Waals surface area contributed by atoms with Crippen molar-refractivity contribution < 1.29 is 9.53 Å². The molecule has 1 aromatic carbocycles. The van der Waals surface area contributed by atoms with Gasteiger partial charge in [-0.2, -0.15) is 0 Å². The Morgan fingerprint density at radius 1 is 1.29 bits per heavy atom. The van der Waals surface area contributed by atoms with Crippen LogP contribution in [-0.2, 0) is 17.8 Å². The van der Waals surface area contributed by atoms with Gasteiger partial charge in [0.2, 0.25) is 0 Å². The van der Waals surface area contributed by atoms with Crippen LogP contribution in [0.5, 0.6) is 5.75 Å².